The Morgan fingerprint density at radius 1 is 1.09 bits per heavy atom. The zero-order valence-corrected chi connectivity index (χ0v) is 18.7. The van der Waals surface area contributed by atoms with E-state index < -0.39 is 12.0 Å². The van der Waals surface area contributed by atoms with Crippen molar-refractivity contribution in [1.29, 1.82) is 0 Å². The summed E-state index contributed by atoms with van der Waals surface area (Å²) in [4.78, 5) is 28.6. The van der Waals surface area contributed by atoms with E-state index in [0.717, 1.165) is 63.0 Å². The van der Waals surface area contributed by atoms with Gasteiger partial charge in [-0.2, -0.15) is 0 Å². The first-order valence-electron chi connectivity index (χ1n) is 11.5. The summed E-state index contributed by atoms with van der Waals surface area (Å²) in [5.74, 6) is 0.312. The second-order valence-electron chi connectivity index (χ2n) is 8.24. The third kappa shape index (κ3) is 6.97. The highest BCUT2D eigenvalue weighted by Crippen LogP contribution is 2.20. The Morgan fingerprint density at radius 3 is 2.59 bits per heavy atom. The van der Waals surface area contributed by atoms with E-state index in [1.807, 2.05) is 0 Å². The third-order valence-electron chi connectivity index (χ3n) is 5.83. The minimum absolute atomic E-state index is 0.382. The zero-order chi connectivity index (χ0) is 22.8. The minimum atomic E-state index is -1.00. The molecule has 3 N–H and O–H groups in total. The van der Waals surface area contributed by atoms with Crippen molar-refractivity contribution in [2.75, 3.05) is 19.0 Å². The van der Waals surface area contributed by atoms with Gasteiger partial charge in [-0.15, -0.1) is 0 Å². The van der Waals surface area contributed by atoms with Crippen LogP contribution in [-0.4, -0.2) is 41.7 Å². The first-order valence-corrected chi connectivity index (χ1v) is 11.5. The first kappa shape index (κ1) is 23.6. The van der Waals surface area contributed by atoms with E-state index in [4.69, 9.17) is 9.72 Å². The number of rotatable bonds is 12. The molecule has 1 aliphatic heterocycles. The number of carbonyl (C=O) groups excluding carboxylic acids is 1. The maximum absolute atomic E-state index is 12.3. The third-order valence-corrected chi connectivity index (χ3v) is 5.83. The average Bonchev–Trinajstić information content (AvgIpc) is 2.82. The predicted octanol–water partition coefficient (Wildman–Crippen LogP) is 4.21. The lowest BCUT2D eigenvalue weighted by Crippen LogP contribution is -2.40. The number of aromatic nitrogens is 1. The van der Waals surface area contributed by atoms with Gasteiger partial charge in [0.2, 0.25) is 0 Å². The Hall–Kier alpha value is -3.09. The molecule has 2 heterocycles. The molecule has 1 aliphatic rings. The predicted molar refractivity (Wildman–Crippen MR) is 124 cm³/mol. The number of amides is 1. The molecule has 7 heteroatoms. The Kier molecular flexibility index (Phi) is 8.90. The Labute approximate surface area is 189 Å². The molecule has 1 aromatic carbocycles. The SMILES string of the molecule is COc1ccc(C(=O)NC(CCCCCCCc2ccc3c(n2)NCCC3)C(=O)O)cc1. The van der Waals surface area contributed by atoms with Crippen molar-refractivity contribution in [1.82, 2.24) is 10.3 Å². The summed E-state index contributed by atoms with van der Waals surface area (Å²) in [6.45, 7) is 1.00. The topological polar surface area (TPSA) is 101 Å². The highest BCUT2D eigenvalue weighted by Gasteiger charge is 2.20. The standard InChI is InChI=1S/C25H33N3O4/c1-32-21-15-12-19(13-16-21)24(29)28-22(25(30)31)10-6-4-2-3-5-9-20-14-11-18-8-7-17-26-23(18)27-20/h11-16,22H,2-10,17H2,1H3,(H,26,27)(H,28,29)(H,30,31). The lowest BCUT2D eigenvalue weighted by molar-refractivity contribution is -0.139. The fourth-order valence-electron chi connectivity index (χ4n) is 3.93. The lowest BCUT2D eigenvalue weighted by atomic mass is 10.0. The summed E-state index contributed by atoms with van der Waals surface area (Å²) >= 11 is 0. The summed E-state index contributed by atoms with van der Waals surface area (Å²) in [5, 5.41) is 15.5. The van der Waals surface area contributed by atoms with Gasteiger partial charge in [-0.1, -0.05) is 31.7 Å². The van der Waals surface area contributed by atoms with Gasteiger partial charge in [0, 0.05) is 17.8 Å². The minimum Gasteiger partial charge on any atom is -0.497 e. The van der Waals surface area contributed by atoms with E-state index in [1.165, 1.54) is 12.0 Å². The fraction of sp³-hybridized carbons (Fsp3) is 0.480. The van der Waals surface area contributed by atoms with E-state index in [9.17, 15) is 14.7 Å². The number of anilines is 1. The molecule has 0 saturated carbocycles. The molecule has 1 unspecified atom stereocenters. The monoisotopic (exact) mass is 439 g/mol. The summed E-state index contributed by atoms with van der Waals surface area (Å²) < 4.78 is 5.08. The molecule has 1 amide bonds. The second-order valence-corrected chi connectivity index (χ2v) is 8.24. The Morgan fingerprint density at radius 2 is 1.84 bits per heavy atom. The molecule has 0 radical (unpaired) electrons. The molecular formula is C25H33N3O4. The Bertz CT molecular complexity index is 899. The molecule has 0 aliphatic carbocycles. The molecule has 172 valence electrons. The summed E-state index contributed by atoms with van der Waals surface area (Å²) in [7, 11) is 1.55. The number of unbranched alkanes of at least 4 members (excludes halogenated alkanes) is 4. The van der Waals surface area contributed by atoms with Gasteiger partial charge < -0.3 is 20.5 Å². The number of aliphatic carboxylic acids is 1. The number of aryl methyl sites for hydroxylation is 2. The van der Waals surface area contributed by atoms with Gasteiger partial charge in [-0.05, 0) is 68.0 Å². The summed E-state index contributed by atoms with van der Waals surface area (Å²) in [6, 6.07) is 10.1. The molecule has 3 rings (SSSR count). The van der Waals surface area contributed by atoms with Gasteiger partial charge in [0.25, 0.3) is 5.91 Å². The highest BCUT2D eigenvalue weighted by molar-refractivity contribution is 5.96. The number of carboxylic acid groups (broad SMARTS) is 1. The molecule has 0 saturated heterocycles. The van der Waals surface area contributed by atoms with Crippen molar-refractivity contribution in [2.45, 2.75) is 63.8 Å². The number of hydrogen-bond donors (Lipinski definition) is 3. The maximum Gasteiger partial charge on any atom is 0.326 e. The largest absolute Gasteiger partial charge is 0.497 e. The summed E-state index contributed by atoms with van der Waals surface area (Å²) in [6.07, 6.45) is 8.57. The van der Waals surface area contributed by atoms with Crippen LogP contribution < -0.4 is 15.4 Å². The number of ether oxygens (including phenoxy) is 1. The number of methoxy groups -OCH3 is 1. The molecule has 1 aromatic heterocycles. The highest BCUT2D eigenvalue weighted by atomic mass is 16.5. The smallest absolute Gasteiger partial charge is 0.326 e. The van der Waals surface area contributed by atoms with E-state index in [0.29, 0.717) is 17.7 Å². The van der Waals surface area contributed by atoms with Crippen LogP contribution in [0.2, 0.25) is 0 Å². The number of hydrogen-bond acceptors (Lipinski definition) is 5. The molecule has 32 heavy (non-hydrogen) atoms. The van der Waals surface area contributed by atoms with Crippen molar-refractivity contribution >= 4 is 17.7 Å². The quantitative estimate of drug-likeness (QED) is 0.428. The summed E-state index contributed by atoms with van der Waals surface area (Å²) in [5.41, 5.74) is 2.86. The van der Waals surface area contributed by atoms with Gasteiger partial charge in [-0.3, -0.25) is 4.79 Å². The van der Waals surface area contributed by atoms with Crippen LogP contribution in [0.1, 0.15) is 66.6 Å². The van der Waals surface area contributed by atoms with Gasteiger partial charge >= 0.3 is 5.97 Å². The molecule has 0 spiro atoms. The van der Waals surface area contributed by atoms with Crippen LogP contribution in [0.15, 0.2) is 36.4 Å². The molecule has 7 nitrogen and oxygen atoms in total. The number of fused-ring (bicyclic) bond motifs is 1. The number of pyridine rings is 1. The van der Waals surface area contributed by atoms with Gasteiger partial charge in [-0.25, -0.2) is 9.78 Å². The number of nitrogens with zero attached hydrogens (tertiary/aromatic N) is 1. The normalized spacial score (nSPS) is 13.5. The number of nitrogens with one attached hydrogen (secondary N) is 2. The fourth-order valence-corrected chi connectivity index (χ4v) is 3.93. The number of carbonyl (C=O) groups is 2. The van der Waals surface area contributed by atoms with E-state index in [2.05, 4.69) is 22.8 Å². The van der Waals surface area contributed by atoms with Crippen molar-refractivity contribution in [3.8, 4) is 5.75 Å². The molecule has 2 aromatic rings. The zero-order valence-electron chi connectivity index (χ0n) is 18.7. The van der Waals surface area contributed by atoms with Crippen LogP contribution >= 0.6 is 0 Å². The average molecular weight is 440 g/mol. The number of benzene rings is 1. The van der Waals surface area contributed by atoms with Crippen LogP contribution in [0.3, 0.4) is 0 Å². The molecular weight excluding hydrogens is 406 g/mol. The molecule has 0 fully saturated rings. The number of carboxylic acids is 1. The van der Waals surface area contributed by atoms with Crippen LogP contribution in [0.5, 0.6) is 5.75 Å². The molecule has 0 bridgehead atoms. The van der Waals surface area contributed by atoms with Crippen LogP contribution in [-0.2, 0) is 17.6 Å². The maximum atomic E-state index is 12.3. The van der Waals surface area contributed by atoms with Gasteiger partial charge in [0.15, 0.2) is 0 Å². The lowest BCUT2D eigenvalue weighted by Gasteiger charge is -2.17. The van der Waals surface area contributed by atoms with Gasteiger partial charge in [0.05, 0.1) is 7.11 Å². The van der Waals surface area contributed by atoms with Crippen LogP contribution in [0.25, 0.3) is 0 Å². The van der Waals surface area contributed by atoms with E-state index in [-0.39, 0.29) is 5.91 Å². The van der Waals surface area contributed by atoms with Crippen molar-refractivity contribution in [3.05, 3.63) is 53.2 Å². The Balaban J connectivity index is 1.33. The second kappa shape index (κ2) is 12.1. The van der Waals surface area contributed by atoms with Crippen molar-refractivity contribution < 1.29 is 19.4 Å². The van der Waals surface area contributed by atoms with E-state index >= 15 is 0 Å². The van der Waals surface area contributed by atoms with Crippen molar-refractivity contribution in [3.63, 3.8) is 0 Å². The van der Waals surface area contributed by atoms with E-state index in [1.54, 1.807) is 31.4 Å². The molecule has 1 atom stereocenters. The van der Waals surface area contributed by atoms with Crippen molar-refractivity contribution in [2.24, 2.45) is 0 Å². The first-order chi connectivity index (χ1) is 15.6. The van der Waals surface area contributed by atoms with Crippen LogP contribution in [0, 0.1) is 0 Å². The van der Waals surface area contributed by atoms with Crippen LogP contribution in [0.4, 0.5) is 5.82 Å². The van der Waals surface area contributed by atoms with Gasteiger partial charge in [0.1, 0.15) is 17.6 Å².